The number of nitrogens with one attached hydrogen (secondary N) is 1. The van der Waals surface area contributed by atoms with E-state index in [0.717, 1.165) is 0 Å². The molecule has 1 aliphatic rings. The van der Waals surface area contributed by atoms with E-state index >= 15 is 0 Å². The van der Waals surface area contributed by atoms with E-state index in [4.69, 9.17) is 9.52 Å². The highest BCUT2D eigenvalue weighted by Crippen LogP contribution is 2.16. The first-order chi connectivity index (χ1) is 12.4. The number of furan rings is 1. The molecule has 1 aromatic heterocycles. The van der Waals surface area contributed by atoms with Gasteiger partial charge in [-0.05, 0) is 25.0 Å². The third-order valence-corrected chi connectivity index (χ3v) is 4.29. The molecule has 1 atom stereocenters. The fourth-order valence-electron chi connectivity index (χ4n) is 2.77. The summed E-state index contributed by atoms with van der Waals surface area (Å²) in [5.74, 6) is -2.25. The first-order valence-electron chi connectivity index (χ1n) is 8.44. The molecule has 1 aliphatic heterocycles. The monoisotopic (exact) mass is 365 g/mol. The second-order valence-electron chi connectivity index (χ2n) is 6.25. The van der Waals surface area contributed by atoms with Crippen LogP contribution in [-0.2, 0) is 14.4 Å². The Hall–Kier alpha value is -2.84. The van der Waals surface area contributed by atoms with Gasteiger partial charge in [0.05, 0.1) is 18.7 Å². The Labute approximate surface area is 150 Å². The van der Waals surface area contributed by atoms with Crippen molar-refractivity contribution in [2.24, 2.45) is 5.92 Å². The minimum absolute atomic E-state index is 0.0496. The summed E-state index contributed by atoms with van der Waals surface area (Å²) in [7, 11) is 1.51. The van der Waals surface area contributed by atoms with E-state index in [0.29, 0.717) is 19.4 Å². The standard InChI is InChI=1S/C17H23N3O6/c1-19(11-15(22)20-8-2-4-12(10-20)17(24)25)14(21)6-7-18-16(23)13-5-3-9-26-13/h3,5,9,12H,2,4,6-8,10-11H2,1H3,(H,18,23)(H,24,25). The molecule has 0 spiro atoms. The highest BCUT2D eigenvalue weighted by Gasteiger charge is 2.28. The number of aliphatic carboxylic acids is 1. The van der Waals surface area contributed by atoms with Crippen molar-refractivity contribution in [1.82, 2.24) is 15.1 Å². The van der Waals surface area contributed by atoms with Crippen LogP contribution in [0.3, 0.4) is 0 Å². The molecule has 3 amide bonds. The number of carboxylic acids is 1. The number of likely N-dealkylation sites (tertiary alicyclic amines) is 1. The number of piperidine rings is 1. The molecule has 0 bridgehead atoms. The zero-order chi connectivity index (χ0) is 19.1. The lowest BCUT2D eigenvalue weighted by Crippen LogP contribution is -2.47. The summed E-state index contributed by atoms with van der Waals surface area (Å²) < 4.78 is 4.95. The van der Waals surface area contributed by atoms with Gasteiger partial charge in [-0.15, -0.1) is 0 Å². The quantitative estimate of drug-likeness (QED) is 0.711. The van der Waals surface area contributed by atoms with Gasteiger partial charge < -0.3 is 24.6 Å². The molecule has 1 saturated heterocycles. The molecule has 142 valence electrons. The minimum atomic E-state index is -0.903. The topological polar surface area (TPSA) is 120 Å². The third-order valence-electron chi connectivity index (χ3n) is 4.29. The number of carbonyl (C=O) groups is 4. The maximum absolute atomic E-state index is 12.3. The van der Waals surface area contributed by atoms with Crippen LogP contribution in [0, 0.1) is 5.92 Å². The number of likely N-dealkylation sites (N-methyl/N-ethyl adjacent to an activating group) is 1. The number of rotatable bonds is 7. The second-order valence-corrected chi connectivity index (χ2v) is 6.25. The van der Waals surface area contributed by atoms with E-state index < -0.39 is 17.8 Å². The van der Waals surface area contributed by atoms with E-state index in [1.807, 2.05) is 0 Å². The van der Waals surface area contributed by atoms with Crippen LogP contribution in [-0.4, -0.2) is 71.8 Å². The zero-order valence-electron chi connectivity index (χ0n) is 14.6. The number of carboxylic acid groups (broad SMARTS) is 1. The van der Waals surface area contributed by atoms with Gasteiger partial charge in [-0.25, -0.2) is 0 Å². The van der Waals surface area contributed by atoms with Gasteiger partial charge in [0.25, 0.3) is 5.91 Å². The number of carbonyl (C=O) groups excluding carboxylic acids is 3. The van der Waals surface area contributed by atoms with Crippen LogP contribution in [0.1, 0.15) is 29.8 Å². The van der Waals surface area contributed by atoms with Crippen molar-refractivity contribution in [2.45, 2.75) is 19.3 Å². The van der Waals surface area contributed by atoms with E-state index in [1.54, 1.807) is 6.07 Å². The molecule has 1 aromatic rings. The highest BCUT2D eigenvalue weighted by molar-refractivity contribution is 5.91. The molecule has 0 saturated carbocycles. The first-order valence-corrected chi connectivity index (χ1v) is 8.44. The zero-order valence-corrected chi connectivity index (χ0v) is 14.6. The van der Waals surface area contributed by atoms with Crippen LogP contribution >= 0.6 is 0 Å². The summed E-state index contributed by atoms with van der Waals surface area (Å²) in [6, 6.07) is 3.11. The van der Waals surface area contributed by atoms with Crippen LogP contribution in [0.5, 0.6) is 0 Å². The average Bonchev–Trinajstić information content (AvgIpc) is 3.16. The molecule has 26 heavy (non-hydrogen) atoms. The normalized spacial score (nSPS) is 16.8. The molecule has 0 radical (unpaired) electrons. The Bertz CT molecular complexity index is 657. The van der Waals surface area contributed by atoms with Crippen LogP contribution in [0.25, 0.3) is 0 Å². The molecule has 9 heteroatoms. The van der Waals surface area contributed by atoms with Crippen LogP contribution in [0.4, 0.5) is 0 Å². The Balaban J connectivity index is 1.73. The Morgan fingerprint density at radius 3 is 2.81 bits per heavy atom. The number of hydrogen-bond acceptors (Lipinski definition) is 5. The molecule has 2 rings (SSSR count). The lowest BCUT2D eigenvalue weighted by atomic mass is 9.98. The summed E-state index contributed by atoms with van der Waals surface area (Å²) >= 11 is 0. The predicted octanol–water partition coefficient (Wildman–Crippen LogP) is 0.181. The van der Waals surface area contributed by atoms with E-state index in [1.165, 1.54) is 29.2 Å². The van der Waals surface area contributed by atoms with E-state index in [2.05, 4.69) is 5.32 Å². The van der Waals surface area contributed by atoms with E-state index in [9.17, 15) is 19.2 Å². The summed E-state index contributed by atoms with van der Waals surface area (Å²) in [6.45, 7) is 0.693. The van der Waals surface area contributed by atoms with Crippen molar-refractivity contribution in [1.29, 1.82) is 0 Å². The molecular weight excluding hydrogens is 342 g/mol. The Morgan fingerprint density at radius 1 is 1.38 bits per heavy atom. The highest BCUT2D eigenvalue weighted by atomic mass is 16.4. The summed E-state index contributed by atoms with van der Waals surface area (Å²) in [6.07, 6.45) is 2.63. The number of nitrogens with zero attached hydrogens (tertiary/aromatic N) is 2. The SMILES string of the molecule is CN(CC(=O)N1CCCC(C(=O)O)C1)C(=O)CCNC(=O)c1ccco1. The van der Waals surface area contributed by atoms with Crippen LogP contribution in [0.15, 0.2) is 22.8 Å². The molecule has 0 aromatic carbocycles. The fourth-order valence-corrected chi connectivity index (χ4v) is 2.77. The molecule has 0 aliphatic carbocycles. The molecule has 2 heterocycles. The minimum Gasteiger partial charge on any atom is -0.481 e. The molecule has 1 fully saturated rings. The molecular formula is C17H23N3O6. The van der Waals surface area contributed by atoms with Gasteiger partial charge in [0.15, 0.2) is 5.76 Å². The van der Waals surface area contributed by atoms with Gasteiger partial charge >= 0.3 is 5.97 Å². The van der Waals surface area contributed by atoms with Gasteiger partial charge in [0, 0.05) is 33.1 Å². The largest absolute Gasteiger partial charge is 0.481 e. The summed E-state index contributed by atoms with van der Waals surface area (Å²) in [5.41, 5.74) is 0. The summed E-state index contributed by atoms with van der Waals surface area (Å²) in [4.78, 5) is 49.9. The average molecular weight is 365 g/mol. The maximum atomic E-state index is 12.3. The van der Waals surface area contributed by atoms with Crippen LogP contribution < -0.4 is 5.32 Å². The van der Waals surface area contributed by atoms with Crippen molar-refractivity contribution >= 4 is 23.7 Å². The fraction of sp³-hybridized carbons (Fsp3) is 0.529. The second kappa shape index (κ2) is 9.02. The molecule has 2 N–H and O–H groups in total. The number of hydrogen-bond donors (Lipinski definition) is 2. The lowest BCUT2D eigenvalue weighted by molar-refractivity contribution is -0.147. The Morgan fingerprint density at radius 2 is 2.15 bits per heavy atom. The van der Waals surface area contributed by atoms with Gasteiger partial charge in [0.2, 0.25) is 11.8 Å². The van der Waals surface area contributed by atoms with Crippen molar-refractivity contribution in [2.75, 3.05) is 33.2 Å². The number of amides is 3. The van der Waals surface area contributed by atoms with Gasteiger partial charge in [-0.2, -0.15) is 0 Å². The molecule has 9 nitrogen and oxygen atoms in total. The summed E-state index contributed by atoms with van der Waals surface area (Å²) in [5, 5.41) is 11.6. The predicted molar refractivity (Wildman–Crippen MR) is 90.2 cm³/mol. The lowest BCUT2D eigenvalue weighted by Gasteiger charge is -2.32. The van der Waals surface area contributed by atoms with E-state index in [-0.39, 0.29) is 43.6 Å². The third kappa shape index (κ3) is 5.33. The molecule has 1 unspecified atom stereocenters. The maximum Gasteiger partial charge on any atom is 0.308 e. The van der Waals surface area contributed by atoms with Crippen molar-refractivity contribution < 1.29 is 28.7 Å². The Kier molecular flexibility index (Phi) is 6.76. The van der Waals surface area contributed by atoms with Crippen molar-refractivity contribution in [3.05, 3.63) is 24.2 Å². The first kappa shape index (κ1) is 19.5. The van der Waals surface area contributed by atoms with Gasteiger partial charge in [-0.1, -0.05) is 0 Å². The van der Waals surface area contributed by atoms with Crippen molar-refractivity contribution in [3.63, 3.8) is 0 Å². The van der Waals surface area contributed by atoms with Crippen molar-refractivity contribution in [3.8, 4) is 0 Å². The smallest absolute Gasteiger partial charge is 0.308 e. The van der Waals surface area contributed by atoms with Gasteiger partial charge in [0.1, 0.15) is 0 Å². The van der Waals surface area contributed by atoms with Crippen LogP contribution in [0.2, 0.25) is 0 Å². The van der Waals surface area contributed by atoms with Gasteiger partial charge in [-0.3, -0.25) is 19.2 Å².